The first kappa shape index (κ1) is 20.0. The van der Waals surface area contributed by atoms with Crippen LogP contribution in [-0.2, 0) is 11.3 Å². The molecule has 0 aliphatic carbocycles. The van der Waals surface area contributed by atoms with Gasteiger partial charge in [0.1, 0.15) is 5.82 Å². The monoisotopic (exact) mass is 436 g/mol. The van der Waals surface area contributed by atoms with Crippen molar-refractivity contribution >= 4 is 35.6 Å². The topological polar surface area (TPSA) is 62.9 Å². The highest BCUT2D eigenvalue weighted by Gasteiger charge is 2.15. The van der Waals surface area contributed by atoms with E-state index in [4.69, 9.17) is 10.5 Å². The molecular weight excluding hydrogens is 410 g/mol. The van der Waals surface area contributed by atoms with Gasteiger partial charge in [0.25, 0.3) is 0 Å². The van der Waals surface area contributed by atoms with Crippen molar-refractivity contribution in [2.45, 2.75) is 26.3 Å². The van der Waals surface area contributed by atoms with E-state index in [1.54, 1.807) is 0 Å². The molecule has 23 heavy (non-hydrogen) atoms. The molecule has 3 N–H and O–H groups in total. The molecule has 0 unspecified atom stereocenters. The summed E-state index contributed by atoms with van der Waals surface area (Å²) in [6, 6.07) is 5.25. The Kier molecular flexibility index (Phi) is 9.23. The van der Waals surface area contributed by atoms with Crippen molar-refractivity contribution < 1.29 is 9.13 Å². The van der Waals surface area contributed by atoms with Gasteiger partial charge in [-0.15, -0.1) is 24.0 Å². The second-order valence-corrected chi connectivity index (χ2v) is 5.37. The summed E-state index contributed by atoms with van der Waals surface area (Å²) in [4.78, 5) is 6.24. The fraction of sp³-hybridized carbons (Fsp3) is 0.562. The van der Waals surface area contributed by atoms with Crippen LogP contribution >= 0.6 is 24.0 Å². The van der Waals surface area contributed by atoms with E-state index >= 15 is 0 Å². The lowest BCUT2D eigenvalue weighted by atomic mass is 10.1. The number of aliphatic imine (C=N–C) groups is 1. The number of hydrogen-bond acceptors (Lipinski definition) is 3. The summed E-state index contributed by atoms with van der Waals surface area (Å²) < 4.78 is 19.5. The number of ether oxygens (including phenoxy) is 1. The maximum absolute atomic E-state index is 14.2. The minimum Gasteiger partial charge on any atom is -0.378 e. The van der Waals surface area contributed by atoms with Crippen molar-refractivity contribution in [3.63, 3.8) is 0 Å². The highest BCUT2D eigenvalue weighted by Crippen LogP contribution is 2.21. The number of morpholine rings is 1. The standard InChI is InChI=1S/C16H25FN4O.HI/c1-2-3-6-19-16(18)20-12-13-4-5-15(14(17)11-13)21-7-9-22-10-8-21;/h4-5,11H,2-3,6-10,12H2,1H3,(H3,18,19,20);1H. The average molecular weight is 436 g/mol. The molecule has 0 amide bonds. The zero-order valence-electron chi connectivity index (χ0n) is 13.6. The molecule has 0 radical (unpaired) electrons. The fourth-order valence-electron chi connectivity index (χ4n) is 2.34. The van der Waals surface area contributed by atoms with Crippen LogP contribution in [0.4, 0.5) is 10.1 Å². The van der Waals surface area contributed by atoms with Crippen LogP contribution in [0.1, 0.15) is 25.3 Å². The van der Waals surface area contributed by atoms with E-state index in [2.05, 4.69) is 17.2 Å². The molecule has 1 heterocycles. The molecule has 7 heteroatoms. The van der Waals surface area contributed by atoms with Gasteiger partial charge in [0.05, 0.1) is 25.4 Å². The number of benzene rings is 1. The van der Waals surface area contributed by atoms with E-state index in [1.807, 2.05) is 17.0 Å². The van der Waals surface area contributed by atoms with Gasteiger partial charge in [-0.25, -0.2) is 9.38 Å². The summed E-state index contributed by atoms with van der Waals surface area (Å²) >= 11 is 0. The van der Waals surface area contributed by atoms with Gasteiger partial charge in [-0.1, -0.05) is 19.4 Å². The first-order chi connectivity index (χ1) is 10.7. The maximum atomic E-state index is 14.2. The zero-order chi connectivity index (χ0) is 15.8. The molecule has 2 rings (SSSR count). The van der Waals surface area contributed by atoms with Crippen LogP contribution < -0.4 is 16.0 Å². The Hall–Kier alpha value is -1.09. The second-order valence-electron chi connectivity index (χ2n) is 5.37. The van der Waals surface area contributed by atoms with E-state index in [0.717, 1.165) is 38.0 Å². The lowest BCUT2D eigenvalue weighted by Crippen LogP contribution is -2.36. The van der Waals surface area contributed by atoms with E-state index in [0.29, 0.717) is 31.4 Å². The van der Waals surface area contributed by atoms with Gasteiger partial charge < -0.3 is 20.7 Å². The van der Waals surface area contributed by atoms with E-state index < -0.39 is 0 Å². The third-order valence-corrected chi connectivity index (χ3v) is 3.63. The summed E-state index contributed by atoms with van der Waals surface area (Å²) in [5.74, 6) is 0.193. The van der Waals surface area contributed by atoms with Gasteiger partial charge in [0, 0.05) is 19.6 Å². The van der Waals surface area contributed by atoms with Crippen LogP contribution in [0.5, 0.6) is 0 Å². The Morgan fingerprint density at radius 3 is 2.78 bits per heavy atom. The molecule has 0 spiro atoms. The van der Waals surface area contributed by atoms with Gasteiger partial charge in [0.2, 0.25) is 0 Å². The van der Waals surface area contributed by atoms with Gasteiger partial charge in [-0.2, -0.15) is 0 Å². The largest absolute Gasteiger partial charge is 0.378 e. The maximum Gasteiger partial charge on any atom is 0.188 e. The second kappa shape index (κ2) is 10.6. The third kappa shape index (κ3) is 6.50. The minimum atomic E-state index is -0.216. The van der Waals surface area contributed by atoms with Crippen LogP contribution in [0, 0.1) is 5.82 Å². The van der Waals surface area contributed by atoms with Crippen LogP contribution in [0.15, 0.2) is 23.2 Å². The normalized spacial score (nSPS) is 15.2. The van der Waals surface area contributed by atoms with E-state index in [1.165, 1.54) is 6.07 Å². The Balaban J connectivity index is 0.00000264. The molecular formula is C16H26FIN4O. The Bertz CT molecular complexity index is 507. The lowest BCUT2D eigenvalue weighted by Gasteiger charge is -2.29. The average Bonchev–Trinajstić information content (AvgIpc) is 2.54. The van der Waals surface area contributed by atoms with Crippen LogP contribution in [0.25, 0.3) is 0 Å². The molecule has 5 nitrogen and oxygen atoms in total. The Morgan fingerprint density at radius 1 is 1.39 bits per heavy atom. The number of hydrogen-bond donors (Lipinski definition) is 2. The summed E-state index contributed by atoms with van der Waals surface area (Å²) in [7, 11) is 0. The van der Waals surface area contributed by atoms with Crippen molar-refractivity contribution in [3.8, 4) is 0 Å². The molecule has 1 aliphatic rings. The predicted octanol–water partition coefficient (Wildman–Crippen LogP) is 2.48. The van der Waals surface area contributed by atoms with E-state index in [-0.39, 0.29) is 29.8 Å². The number of unbranched alkanes of at least 4 members (excludes halogenated alkanes) is 1. The number of halogens is 2. The third-order valence-electron chi connectivity index (χ3n) is 3.63. The van der Waals surface area contributed by atoms with Gasteiger partial charge in [-0.3, -0.25) is 0 Å². The number of guanidine groups is 1. The highest BCUT2D eigenvalue weighted by molar-refractivity contribution is 14.0. The SMILES string of the molecule is CCCCNC(N)=NCc1ccc(N2CCOCC2)c(F)c1.I. The molecule has 1 saturated heterocycles. The molecule has 0 bridgehead atoms. The Morgan fingerprint density at radius 2 is 2.13 bits per heavy atom. The van der Waals surface area contributed by atoms with Crippen molar-refractivity contribution in [2.75, 3.05) is 37.7 Å². The molecule has 1 aromatic rings. The van der Waals surface area contributed by atoms with Crippen LogP contribution in [0.3, 0.4) is 0 Å². The summed E-state index contributed by atoms with van der Waals surface area (Å²) in [5.41, 5.74) is 7.21. The summed E-state index contributed by atoms with van der Waals surface area (Å²) in [6.07, 6.45) is 2.16. The quantitative estimate of drug-likeness (QED) is 0.312. The number of nitrogens with one attached hydrogen (secondary N) is 1. The Labute approximate surface area is 154 Å². The molecule has 130 valence electrons. The number of anilines is 1. The summed E-state index contributed by atoms with van der Waals surface area (Å²) in [5, 5.41) is 3.04. The smallest absolute Gasteiger partial charge is 0.188 e. The van der Waals surface area contributed by atoms with Crippen LogP contribution in [0.2, 0.25) is 0 Å². The predicted molar refractivity (Wildman–Crippen MR) is 103 cm³/mol. The minimum absolute atomic E-state index is 0. The van der Waals surface area contributed by atoms with E-state index in [9.17, 15) is 4.39 Å². The van der Waals surface area contributed by atoms with Crippen molar-refractivity contribution in [3.05, 3.63) is 29.6 Å². The molecule has 0 aromatic heterocycles. The number of rotatable bonds is 6. The fourth-order valence-corrected chi connectivity index (χ4v) is 2.34. The lowest BCUT2D eigenvalue weighted by molar-refractivity contribution is 0.122. The molecule has 1 aliphatic heterocycles. The van der Waals surface area contributed by atoms with Gasteiger partial charge in [-0.05, 0) is 24.1 Å². The first-order valence-electron chi connectivity index (χ1n) is 7.85. The van der Waals surface area contributed by atoms with Gasteiger partial charge >= 0.3 is 0 Å². The van der Waals surface area contributed by atoms with Crippen molar-refractivity contribution in [2.24, 2.45) is 10.7 Å². The molecule has 0 atom stereocenters. The van der Waals surface area contributed by atoms with Crippen LogP contribution in [-0.4, -0.2) is 38.8 Å². The molecule has 1 aromatic carbocycles. The number of nitrogens with zero attached hydrogens (tertiary/aromatic N) is 2. The zero-order valence-corrected chi connectivity index (χ0v) is 15.9. The summed E-state index contributed by atoms with van der Waals surface area (Å²) in [6.45, 7) is 6.05. The first-order valence-corrected chi connectivity index (χ1v) is 7.85. The highest BCUT2D eigenvalue weighted by atomic mass is 127. The number of nitrogens with two attached hydrogens (primary N) is 1. The molecule has 1 fully saturated rings. The molecule has 0 saturated carbocycles. The van der Waals surface area contributed by atoms with Gasteiger partial charge in [0.15, 0.2) is 5.96 Å². The van der Waals surface area contributed by atoms with Crippen molar-refractivity contribution in [1.82, 2.24) is 5.32 Å². The van der Waals surface area contributed by atoms with Crippen molar-refractivity contribution in [1.29, 1.82) is 0 Å².